The molecule has 0 aliphatic rings. The number of hydrogen-bond acceptors (Lipinski definition) is 3. The summed E-state index contributed by atoms with van der Waals surface area (Å²) in [5, 5.41) is 17.2. The van der Waals surface area contributed by atoms with Crippen LogP contribution < -0.4 is 5.73 Å². The summed E-state index contributed by atoms with van der Waals surface area (Å²) < 4.78 is 0.686. The monoisotopic (exact) mass is 235 g/mol. The Hall–Kier alpha value is -1.52. The molecule has 4 heteroatoms. The minimum Gasteiger partial charge on any atom is -0.398 e. The molecule has 0 fully saturated rings. The van der Waals surface area contributed by atoms with Crippen LogP contribution in [0.25, 0.3) is 0 Å². The van der Waals surface area contributed by atoms with Crippen molar-refractivity contribution in [2.24, 2.45) is 0 Å². The standard InChI is InChI=1S/C9H6BrN3/c10-8-3-7(5-12)6(1-2-11)4-9(8)13/h3-4H,1,13H2. The van der Waals surface area contributed by atoms with Gasteiger partial charge >= 0.3 is 0 Å². The highest BCUT2D eigenvalue weighted by Crippen LogP contribution is 2.23. The number of rotatable bonds is 1. The van der Waals surface area contributed by atoms with Crippen molar-refractivity contribution in [2.45, 2.75) is 6.42 Å². The van der Waals surface area contributed by atoms with Crippen molar-refractivity contribution in [1.29, 1.82) is 10.5 Å². The van der Waals surface area contributed by atoms with Gasteiger partial charge in [0.25, 0.3) is 0 Å². The molecule has 0 saturated heterocycles. The van der Waals surface area contributed by atoms with Gasteiger partial charge in [-0.1, -0.05) is 0 Å². The SMILES string of the molecule is N#CCc1cc(N)c(Br)cc1C#N. The zero-order valence-corrected chi connectivity index (χ0v) is 8.30. The van der Waals surface area contributed by atoms with Crippen LogP contribution in [0.5, 0.6) is 0 Å². The maximum atomic E-state index is 8.74. The van der Waals surface area contributed by atoms with Crippen molar-refractivity contribution in [2.75, 3.05) is 5.73 Å². The minimum atomic E-state index is 0.209. The molecule has 0 aliphatic heterocycles. The van der Waals surface area contributed by atoms with E-state index in [1.165, 1.54) is 0 Å². The maximum absolute atomic E-state index is 8.74. The van der Waals surface area contributed by atoms with Crippen molar-refractivity contribution in [1.82, 2.24) is 0 Å². The smallest absolute Gasteiger partial charge is 0.0995 e. The van der Waals surface area contributed by atoms with Gasteiger partial charge in [0.05, 0.1) is 24.1 Å². The summed E-state index contributed by atoms with van der Waals surface area (Å²) >= 11 is 3.21. The third kappa shape index (κ3) is 1.99. The molecule has 0 aromatic heterocycles. The van der Waals surface area contributed by atoms with Crippen LogP contribution >= 0.6 is 15.9 Å². The molecule has 3 nitrogen and oxygen atoms in total. The lowest BCUT2D eigenvalue weighted by molar-refractivity contribution is 1.24. The highest BCUT2D eigenvalue weighted by Gasteiger charge is 2.05. The van der Waals surface area contributed by atoms with Crippen LogP contribution in [-0.2, 0) is 6.42 Å². The largest absolute Gasteiger partial charge is 0.398 e. The van der Waals surface area contributed by atoms with Crippen LogP contribution in [-0.4, -0.2) is 0 Å². The van der Waals surface area contributed by atoms with Gasteiger partial charge in [0.2, 0.25) is 0 Å². The summed E-state index contributed by atoms with van der Waals surface area (Å²) in [5.41, 5.74) is 7.31. The van der Waals surface area contributed by atoms with E-state index in [-0.39, 0.29) is 6.42 Å². The molecule has 0 atom stereocenters. The molecule has 13 heavy (non-hydrogen) atoms. The number of nitriles is 2. The van der Waals surface area contributed by atoms with E-state index in [1.807, 2.05) is 12.1 Å². The van der Waals surface area contributed by atoms with E-state index in [9.17, 15) is 0 Å². The third-order valence-corrected chi connectivity index (χ3v) is 2.30. The van der Waals surface area contributed by atoms with E-state index >= 15 is 0 Å². The molecule has 0 saturated carbocycles. The lowest BCUT2D eigenvalue weighted by atomic mass is 10.1. The molecule has 0 radical (unpaired) electrons. The first-order chi connectivity index (χ1) is 6.19. The van der Waals surface area contributed by atoms with Crippen LogP contribution in [0.2, 0.25) is 0 Å². The second-order valence-corrected chi connectivity index (χ2v) is 3.33. The Kier molecular flexibility index (Phi) is 2.89. The van der Waals surface area contributed by atoms with Crippen molar-refractivity contribution < 1.29 is 0 Å². The van der Waals surface area contributed by atoms with Crippen LogP contribution in [0, 0.1) is 22.7 Å². The predicted molar refractivity (Wildman–Crippen MR) is 52.6 cm³/mol. The first-order valence-corrected chi connectivity index (χ1v) is 4.33. The Balaban J connectivity index is 3.28. The third-order valence-electron chi connectivity index (χ3n) is 1.61. The van der Waals surface area contributed by atoms with E-state index in [2.05, 4.69) is 15.9 Å². The van der Waals surface area contributed by atoms with Gasteiger partial charge in [-0.25, -0.2) is 0 Å². The van der Waals surface area contributed by atoms with Crippen molar-refractivity contribution >= 4 is 21.6 Å². The van der Waals surface area contributed by atoms with Crippen LogP contribution in [0.4, 0.5) is 5.69 Å². The fourth-order valence-electron chi connectivity index (χ4n) is 0.973. The summed E-state index contributed by atoms with van der Waals surface area (Å²) in [6.45, 7) is 0. The zero-order valence-electron chi connectivity index (χ0n) is 6.71. The average Bonchev–Trinajstić information content (AvgIpc) is 2.11. The molecular weight excluding hydrogens is 230 g/mol. The predicted octanol–water partition coefficient (Wildman–Crippen LogP) is 1.97. The summed E-state index contributed by atoms with van der Waals surface area (Å²) in [6.07, 6.45) is 0.209. The number of benzene rings is 1. The van der Waals surface area contributed by atoms with Gasteiger partial charge in [0.1, 0.15) is 0 Å². The van der Waals surface area contributed by atoms with E-state index < -0.39 is 0 Å². The maximum Gasteiger partial charge on any atom is 0.0995 e. The molecule has 2 N–H and O–H groups in total. The van der Waals surface area contributed by atoms with Gasteiger partial charge in [-0.3, -0.25) is 0 Å². The summed E-state index contributed by atoms with van der Waals surface area (Å²) in [5.74, 6) is 0. The Labute approximate surface area is 84.5 Å². The Morgan fingerprint density at radius 3 is 2.62 bits per heavy atom. The van der Waals surface area contributed by atoms with E-state index in [0.717, 1.165) is 0 Å². The molecule has 0 spiro atoms. The van der Waals surface area contributed by atoms with E-state index in [4.69, 9.17) is 16.3 Å². The minimum absolute atomic E-state index is 0.209. The molecule has 0 bridgehead atoms. The topological polar surface area (TPSA) is 73.6 Å². The number of halogens is 1. The fraction of sp³-hybridized carbons (Fsp3) is 0.111. The number of nitrogens with zero attached hydrogens (tertiary/aromatic N) is 2. The highest BCUT2D eigenvalue weighted by molar-refractivity contribution is 9.10. The van der Waals surface area contributed by atoms with Gasteiger partial charge in [-0.15, -0.1) is 0 Å². The van der Waals surface area contributed by atoms with Crippen LogP contribution in [0.1, 0.15) is 11.1 Å². The van der Waals surface area contributed by atoms with Gasteiger partial charge < -0.3 is 5.73 Å². The molecule has 1 rings (SSSR count). The quantitative estimate of drug-likeness (QED) is 0.757. The fourth-order valence-corrected chi connectivity index (χ4v) is 1.32. The van der Waals surface area contributed by atoms with E-state index in [0.29, 0.717) is 21.3 Å². The summed E-state index contributed by atoms with van der Waals surface area (Å²) in [4.78, 5) is 0. The van der Waals surface area contributed by atoms with Gasteiger partial charge in [-0.05, 0) is 33.6 Å². The lowest BCUT2D eigenvalue weighted by Gasteiger charge is -2.02. The average molecular weight is 236 g/mol. The van der Waals surface area contributed by atoms with Crippen LogP contribution in [0.15, 0.2) is 16.6 Å². The molecule has 0 amide bonds. The Morgan fingerprint density at radius 2 is 2.08 bits per heavy atom. The number of nitrogen functional groups attached to an aromatic ring is 1. The highest BCUT2D eigenvalue weighted by atomic mass is 79.9. The molecule has 0 heterocycles. The van der Waals surface area contributed by atoms with Gasteiger partial charge in [0.15, 0.2) is 0 Å². The number of anilines is 1. The second kappa shape index (κ2) is 3.93. The normalized spacial score (nSPS) is 8.85. The molecule has 64 valence electrons. The van der Waals surface area contributed by atoms with Crippen molar-refractivity contribution in [3.05, 3.63) is 27.7 Å². The molecule has 0 aliphatic carbocycles. The molecule has 1 aromatic rings. The zero-order chi connectivity index (χ0) is 9.84. The molecular formula is C9H6BrN3. The van der Waals surface area contributed by atoms with Gasteiger partial charge in [0, 0.05) is 10.2 Å². The summed E-state index contributed by atoms with van der Waals surface area (Å²) in [6, 6.07) is 7.27. The Bertz CT molecular complexity index is 412. The second-order valence-electron chi connectivity index (χ2n) is 2.48. The number of hydrogen-bond donors (Lipinski definition) is 1. The number of nitrogens with two attached hydrogens (primary N) is 1. The Morgan fingerprint density at radius 1 is 1.38 bits per heavy atom. The van der Waals surface area contributed by atoms with Crippen molar-refractivity contribution in [3.63, 3.8) is 0 Å². The molecule has 1 aromatic carbocycles. The first-order valence-electron chi connectivity index (χ1n) is 3.54. The molecule has 0 unspecified atom stereocenters. The lowest BCUT2D eigenvalue weighted by Crippen LogP contribution is -1.94. The van der Waals surface area contributed by atoms with E-state index in [1.54, 1.807) is 12.1 Å². The van der Waals surface area contributed by atoms with Gasteiger partial charge in [-0.2, -0.15) is 10.5 Å². The summed E-state index contributed by atoms with van der Waals surface area (Å²) in [7, 11) is 0. The van der Waals surface area contributed by atoms with Crippen LogP contribution in [0.3, 0.4) is 0 Å². The van der Waals surface area contributed by atoms with Crippen molar-refractivity contribution in [3.8, 4) is 12.1 Å². The first kappa shape index (κ1) is 9.57.